The van der Waals surface area contributed by atoms with Gasteiger partial charge in [0.15, 0.2) is 6.29 Å². The highest BCUT2D eigenvalue weighted by Crippen LogP contribution is 2.34. The highest BCUT2D eigenvalue weighted by Gasteiger charge is 2.24. The number of carbonyl (C=O) groups excluding carboxylic acids is 1. The van der Waals surface area contributed by atoms with Gasteiger partial charge in [-0.25, -0.2) is 13.6 Å². The summed E-state index contributed by atoms with van der Waals surface area (Å²) in [5.74, 6) is 0.0939. The number of aryl methyl sites for hydroxylation is 2. The topological polar surface area (TPSA) is 82.2 Å². The SMILES string of the molecule is CC[C@H](Cn1cc(C=O)c2ccccc21)c1c(C)cc(C)c(S(N)(=O)=O)c1C. The summed E-state index contributed by atoms with van der Waals surface area (Å²) < 4.78 is 26.4. The van der Waals surface area contributed by atoms with E-state index in [1.807, 2.05) is 50.4 Å². The molecule has 0 spiro atoms. The Morgan fingerprint density at radius 3 is 2.43 bits per heavy atom. The van der Waals surface area contributed by atoms with E-state index in [2.05, 4.69) is 11.5 Å². The molecule has 3 aromatic rings. The van der Waals surface area contributed by atoms with Gasteiger partial charge in [0.25, 0.3) is 0 Å². The van der Waals surface area contributed by atoms with Gasteiger partial charge in [-0.2, -0.15) is 0 Å². The molecule has 1 heterocycles. The molecule has 28 heavy (non-hydrogen) atoms. The molecule has 0 fully saturated rings. The number of nitrogens with zero attached hydrogens (tertiary/aromatic N) is 1. The van der Waals surface area contributed by atoms with E-state index in [1.165, 1.54) is 0 Å². The second-order valence-electron chi connectivity index (χ2n) is 7.40. The lowest BCUT2D eigenvalue weighted by Crippen LogP contribution is -2.19. The second-order valence-corrected chi connectivity index (χ2v) is 8.90. The lowest BCUT2D eigenvalue weighted by molar-refractivity contribution is 0.112. The van der Waals surface area contributed by atoms with Crippen LogP contribution in [0.3, 0.4) is 0 Å². The van der Waals surface area contributed by atoms with Crippen LogP contribution in [0.2, 0.25) is 0 Å². The molecule has 1 aromatic heterocycles. The number of sulfonamides is 1. The first kappa shape index (κ1) is 20.3. The van der Waals surface area contributed by atoms with E-state index in [0.717, 1.165) is 40.3 Å². The monoisotopic (exact) mass is 398 g/mol. The third-order valence-corrected chi connectivity index (χ3v) is 6.71. The van der Waals surface area contributed by atoms with Crippen molar-refractivity contribution in [1.29, 1.82) is 0 Å². The summed E-state index contributed by atoms with van der Waals surface area (Å²) >= 11 is 0. The largest absolute Gasteiger partial charge is 0.346 e. The molecule has 0 bridgehead atoms. The Morgan fingerprint density at radius 1 is 1.14 bits per heavy atom. The van der Waals surface area contributed by atoms with E-state index in [4.69, 9.17) is 5.14 Å². The predicted molar refractivity (Wildman–Crippen MR) is 112 cm³/mol. The number of fused-ring (bicyclic) bond motifs is 1. The second kappa shape index (κ2) is 7.53. The van der Waals surface area contributed by atoms with Crippen LogP contribution in [0, 0.1) is 20.8 Å². The van der Waals surface area contributed by atoms with Gasteiger partial charge in [0.1, 0.15) is 0 Å². The number of benzene rings is 2. The fourth-order valence-corrected chi connectivity index (χ4v) is 5.47. The molecule has 0 aliphatic heterocycles. The van der Waals surface area contributed by atoms with Gasteiger partial charge < -0.3 is 4.57 Å². The summed E-state index contributed by atoms with van der Waals surface area (Å²) in [5, 5.41) is 6.42. The molecule has 0 saturated heterocycles. The molecule has 0 saturated carbocycles. The zero-order chi connectivity index (χ0) is 20.6. The minimum Gasteiger partial charge on any atom is -0.346 e. The van der Waals surface area contributed by atoms with Crippen molar-refractivity contribution in [3.63, 3.8) is 0 Å². The van der Waals surface area contributed by atoms with Crippen molar-refractivity contribution < 1.29 is 13.2 Å². The van der Waals surface area contributed by atoms with E-state index in [0.29, 0.717) is 17.7 Å². The predicted octanol–water partition coefficient (Wildman–Crippen LogP) is 4.22. The van der Waals surface area contributed by atoms with Crippen LogP contribution in [-0.2, 0) is 16.6 Å². The summed E-state index contributed by atoms with van der Waals surface area (Å²) in [4.78, 5) is 11.7. The maximum Gasteiger partial charge on any atom is 0.238 e. The summed E-state index contributed by atoms with van der Waals surface area (Å²) in [6.45, 7) is 8.37. The first-order valence-electron chi connectivity index (χ1n) is 9.35. The van der Waals surface area contributed by atoms with Gasteiger partial charge in [0.2, 0.25) is 10.0 Å². The summed E-state index contributed by atoms with van der Waals surface area (Å²) in [6, 6.07) is 9.71. The van der Waals surface area contributed by atoms with Crippen molar-refractivity contribution in [2.75, 3.05) is 0 Å². The van der Waals surface area contributed by atoms with Gasteiger partial charge in [-0.15, -0.1) is 0 Å². The van der Waals surface area contributed by atoms with Crippen molar-refractivity contribution in [2.45, 2.75) is 51.5 Å². The van der Waals surface area contributed by atoms with Crippen molar-refractivity contribution >= 4 is 27.2 Å². The maximum atomic E-state index is 12.2. The van der Waals surface area contributed by atoms with Crippen LogP contribution < -0.4 is 5.14 Å². The Kier molecular flexibility index (Phi) is 5.46. The molecule has 148 valence electrons. The van der Waals surface area contributed by atoms with Gasteiger partial charge >= 0.3 is 0 Å². The van der Waals surface area contributed by atoms with Gasteiger partial charge in [-0.3, -0.25) is 4.79 Å². The van der Waals surface area contributed by atoms with E-state index in [9.17, 15) is 13.2 Å². The molecule has 2 N–H and O–H groups in total. The zero-order valence-corrected chi connectivity index (χ0v) is 17.5. The van der Waals surface area contributed by atoms with Crippen molar-refractivity contribution in [3.8, 4) is 0 Å². The molecule has 0 radical (unpaired) electrons. The number of hydrogen-bond donors (Lipinski definition) is 1. The number of primary sulfonamides is 1. The molecule has 0 aliphatic carbocycles. The van der Waals surface area contributed by atoms with Crippen LogP contribution in [0.1, 0.15) is 51.9 Å². The van der Waals surface area contributed by atoms with Gasteiger partial charge in [0, 0.05) is 35.1 Å². The molecule has 3 rings (SSSR count). The number of aldehydes is 1. The minimum absolute atomic E-state index is 0.0939. The molecule has 5 nitrogen and oxygen atoms in total. The lowest BCUT2D eigenvalue weighted by Gasteiger charge is -2.24. The van der Waals surface area contributed by atoms with E-state index < -0.39 is 10.0 Å². The fourth-order valence-electron chi connectivity index (χ4n) is 4.43. The number of rotatable bonds is 6. The fraction of sp³-hybridized carbons (Fsp3) is 0.318. The van der Waals surface area contributed by atoms with Crippen LogP contribution >= 0.6 is 0 Å². The van der Waals surface area contributed by atoms with E-state index >= 15 is 0 Å². The molecule has 6 heteroatoms. The van der Waals surface area contributed by atoms with Crippen molar-refractivity contribution in [2.24, 2.45) is 5.14 Å². The lowest BCUT2D eigenvalue weighted by atomic mass is 9.87. The number of nitrogens with two attached hydrogens (primary N) is 1. The average molecular weight is 399 g/mol. The Balaban J connectivity index is 2.15. The normalized spacial score (nSPS) is 13.0. The first-order chi connectivity index (χ1) is 13.2. The molecular formula is C22H26N2O3S. The standard InChI is InChI=1S/C22H26N2O3S/c1-5-17(11-24-12-18(13-25)19-8-6-7-9-20(19)24)21-14(2)10-15(3)22(16(21)4)28(23,26)27/h6-10,12-13,17H,5,11H2,1-4H3,(H2,23,26,27)/t17-/m1/s1. The number of para-hydroxylation sites is 1. The first-order valence-corrected chi connectivity index (χ1v) is 10.9. The summed E-state index contributed by atoms with van der Waals surface area (Å²) in [7, 11) is -3.81. The number of aromatic nitrogens is 1. The average Bonchev–Trinajstić information content (AvgIpc) is 2.97. The zero-order valence-electron chi connectivity index (χ0n) is 16.7. The van der Waals surface area contributed by atoms with E-state index in [-0.39, 0.29) is 10.8 Å². The highest BCUT2D eigenvalue weighted by molar-refractivity contribution is 7.89. The maximum absolute atomic E-state index is 12.2. The number of carbonyl (C=O) groups is 1. The van der Waals surface area contributed by atoms with Crippen LogP contribution in [0.5, 0.6) is 0 Å². The van der Waals surface area contributed by atoms with Crippen LogP contribution in [0.4, 0.5) is 0 Å². The molecule has 1 atom stereocenters. The summed E-state index contributed by atoms with van der Waals surface area (Å²) in [6.07, 6.45) is 3.58. The van der Waals surface area contributed by atoms with Crippen molar-refractivity contribution in [1.82, 2.24) is 4.57 Å². The Morgan fingerprint density at radius 2 is 1.82 bits per heavy atom. The molecule has 0 unspecified atom stereocenters. The third kappa shape index (κ3) is 3.50. The van der Waals surface area contributed by atoms with Crippen LogP contribution in [-0.4, -0.2) is 19.3 Å². The van der Waals surface area contributed by atoms with Gasteiger partial charge in [0.05, 0.1) is 4.90 Å². The third-order valence-electron chi connectivity index (χ3n) is 5.51. The number of hydrogen-bond acceptors (Lipinski definition) is 3. The molecular weight excluding hydrogens is 372 g/mol. The van der Waals surface area contributed by atoms with Gasteiger partial charge in [-0.1, -0.05) is 31.2 Å². The van der Waals surface area contributed by atoms with Crippen LogP contribution in [0.25, 0.3) is 10.9 Å². The molecule has 2 aromatic carbocycles. The van der Waals surface area contributed by atoms with Crippen LogP contribution in [0.15, 0.2) is 41.4 Å². The minimum atomic E-state index is -3.81. The Labute approximate surface area is 166 Å². The van der Waals surface area contributed by atoms with E-state index in [1.54, 1.807) is 6.92 Å². The highest BCUT2D eigenvalue weighted by atomic mass is 32.2. The molecule has 0 aliphatic rings. The van der Waals surface area contributed by atoms with Gasteiger partial charge in [-0.05, 0) is 55.5 Å². The molecule has 0 amide bonds. The quantitative estimate of drug-likeness (QED) is 0.631. The Bertz CT molecular complexity index is 1160. The van der Waals surface area contributed by atoms with Crippen molar-refractivity contribution in [3.05, 3.63) is 64.3 Å². The summed E-state index contributed by atoms with van der Waals surface area (Å²) in [5.41, 5.74) is 5.12. The smallest absolute Gasteiger partial charge is 0.238 e. The Hall–Kier alpha value is -2.44.